The molecule has 0 aliphatic rings. The molecule has 0 saturated carbocycles. The predicted octanol–water partition coefficient (Wildman–Crippen LogP) is 4.35. The summed E-state index contributed by atoms with van der Waals surface area (Å²) in [5.41, 5.74) is -0.575. The number of hydrogen-bond donors (Lipinski definition) is 1. The Kier molecular flexibility index (Phi) is 7.16. The third kappa shape index (κ3) is 5.33. The van der Waals surface area contributed by atoms with Gasteiger partial charge in [0.15, 0.2) is 5.75 Å². The highest BCUT2D eigenvalue weighted by atomic mass is 19.1. The minimum absolute atomic E-state index is 0.00168. The van der Waals surface area contributed by atoms with Crippen LogP contribution in [0.2, 0.25) is 0 Å². The molecule has 0 bridgehead atoms. The molecule has 10 nitrogen and oxygen atoms in total. The largest absolute Gasteiger partial charge is 0.465 e. The minimum atomic E-state index is -0.816. The van der Waals surface area contributed by atoms with Gasteiger partial charge in [-0.15, -0.1) is 0 Å². The van der Waals surface area contributed by atoms with Gasteiger partial charge in [0.2, 0.25) is 0 Å². The van der Waals surface area contributed by atoms with Gasteiger partial charge < -0.3 is 19.5 Å². The second-order valence-corrected chi connectivity index (χ2v) is 6.69. The fourth-order valence-electron chi connectivity index (χ4n) is 2.92. The molecular formula is C23H17FN2O8. The van der Waals surface area contributed by atoms with Gasteiger partial charge in [-0.3, -0.25) is 14.9 Å². The number of anilines is 1. The standard InChI is InChI=1S/C23H17FN2O8/c1-32-22(28)17-8-7-16(12-18(17)23(29)33-2)34-20-9-6-14(24)11-19(20)25-21(27)13-4-3-5-15(10-13)26(30)31/h3-12H,1-2H3,(H,25,27). The van der Waals surface area contributed by atoms with Gasteiger partial charge in [-0.05, 0) is 36.4 Å². The van der Waals surface area contributed by atoms with Crippen LogP contribution in [0.4, 0.5) is 15.8 Å². The molecule has 1 amide bonds. The molecule has 1 N–H and O–H groups in total. The van der Waals surface area contributed by atoms with E-state index in [1.165, 1.54) is 42.5 Å². The molecule has 0 spiro atoms. The first-order valence-corrected chi connectivity index (χ1v) is 9.57. The number of esters is 2. The highest BCUT2D eigenvalue weighted by Gasteiger charge is 2.20. The fourth-order valence-corrected chi connectivity index (χ4v) is 2.92. The molecule has 0 aliphatic carbocycles. The number of nitro benzene ring substituents is 1. The number of rotatable bonds is 7. The molecule has 0 saturated heterocycles. The van der Waals surface area contributed by atoms with Crippen molar-refractivity contribution >= 4 is 29.2 Å². The van der Waals surface area contributed by atoms with E-state index in [0.29, 0.717) is 0 Å². The van der Waals surface area contributed by atoms with E-state index in [-0.39, 0.29) is 39.6 Å². The Morgan fingerprint density at radius 3 is 2.29 bits per heavy atom. The highest BCUT2D eigenvalue weighted by molar-refractivity contribution is 6.05. The number of benzene rings is 3. The topological polar surface area (TPSA) is 134 Å². The number of nitrogens with zero attached hydrogens (tertiary/aromatic N) is 1. The Bertz CT molecular complexity index is 1290. The molecule has 0 aliphatic heterocycles. The van der Waals surface area contributed by atoms with Crippen LogP contribution in [0.15, 0.2) is 60.7 Å². The van der Waals surface area contributed by atoms with Gasteiger partial charge in [0.05, 0.1) is 36.0 Å². The maximum atomic E-state index is 13.9. The lowest BCUT2D eigenvalue weighted by molar-refractivity contribution is -0.384. The van der Waals surface area contributed by atoms with Gasteiger partial charge in [0, 0.05) is 23.8 Å². The van der Waals surface area contributed by atoms with Crippen LogP contribution in [0, 0.1) is 15.9 Å². The van der Waals surface area contributed by atoms with E-state index in [9.17, 15) is 28.9 Å². The number of amides is 1. The number of methoxy groups -OCH3 is 2. The van der Waals surface area contributed by atoms with Gasteiger partial charge in [-0.1, -0.05) is 6.07 Å². The summed E-state index contributed by atoms with van der Waals surface area (Å²) in [6.45, 7) is 0. The smallest absolute Gasteiger partial charge is 0.338 e. The predicted molar refractivity (Wildman–Crippen MR) is 117 cm³/mol. The van der Waals surface area contributed by atoms with E-state index in [0.717, 1.165) is 32.4 Å². The molecule has 34 heavy (non-hydrogen) atoms. The minimum Gasteiger partial charge on any atom is -0.465 e. The quantitative estimate of drug-likeness (QED) is 0.307. The molecule has 0 atom stereocenters. The van der Waals surface area contributed by atoms with Gasteiger partial charge in [-0.2, -0.15) is 0 Å². The average molecular weight is 468 g/mol. The van der Waals surface area contributed by atoms with E-state index < -0.39 is 28.6 Å². The lowest BCUT2D eigenvalue weighted by Gasteiger charge is -2.14. The second kappa shape index (κ2) is 10.2. The molecule has 3 aromatic carbocycles. The number of carbonyl (C=O) groups is 3. The second-order valence-electron chi connectivity index (χ2n) is 6.69. The molecule has 0 fully saturated rings. The molecule has 0 radical (unpaired) electrons. The fraction of sp³-hybridized carbons (Fsp3) is 0.0870. The number of carbonyl (C=O) groups excluding carboxylic acids is 3. The van der Waals surface area contributed by atoms with Crippen LogP contribution in [0.3, 0.4) is 0 Å². The summed E-state index contributed by atoms with van der Waals surface area (Å²) in [5, 5.41) is 13.4. The van der Waals surface area contributed by atoms with Crippen LogP contribution in [0.1, 0.15) is 31.1 Å². The van der Waals surface area contributed by atoms with E-state index in [1.807, 2.05) is 0 Å². The lowest BCUT2D eigenvalue weighted by atomic mass is 10.1. The SMILES string of the molecule is COC(=O)c1ccc(Oc2ccc(F)cc2NC(=O)c2cccc([N+](=O)[O-])c2)cc1C(=O)OC. The van der Waals surface area contributed by atoms with Gasteiger partial charge in [0.25, 0.3) is 11.6 Å². The number of hydrogen-bond acceptors (Lipinski definition) is 8. The zero-order valence-electron chi connectivity index (χ0n) is 17.9. The summed E-state index contributed by atoms with van der Waals surface area (Å²) < 4.78 is 29.0. The molecule has 0 heterocycles. The number of halogens is 1. The van der Waals surface area contributed by atoms with Crippen molar-refractivity contribution in [3.8, 4) is 11.5 Å². The monoisotopic (exact) mass is 468 g/mol. The van der Waals surface area contributed by atoms with Crippen molar-refractivity contribution in [1.29, 1.82) is 0 Å². The first-order valence-electron chi connectivity index (χ1n) is 9.57. The van der Waals surface area contributed by atoms with Crippen LogP contribution in [-0.2, 0) is 9.47 Å². The molecule has 11 heteroatoms. The summed E-state index contributed by atoms with van der Waals surface area (Å²) in [5.74, 6) is -2.93. The Morgan fingerprint density at radius 1 is 0.912 bits per heavy atom. The molecule has 3 aromatic rings. The molecular weight excluding hydrogens is 451 g/mol. The number of nitro groups is 1. The Labute approximate surface area is 192 Å². The molecule has 0 aromatic heterocycles. The summed E-state index contributed by atoms with van der Waals surface area (Å²) in [7, 11) is 2.29. The van der Waals surface area contributed by atoms with Gasteiger partial charge in [-0.25, -0.2) is 14.0 Å². The van der Waals surface area contributed by atoms with Crippen molar-refractivity contribution in [2.45, 2.75) is 0 Å². The lowest BCUT2D eigenvalue weighted by Crippen LogP contribution is -2.13. The zero-order valence-corrected chi connectivity index (χ0v) is 17.9. The average Bonchev–Trinajstić information content (AvgIpc) is 2.84. The van der Waals surface area contributed by atoms with Crippen molar-refractivity contribution in [3.63, 3.8) is 0 Å². The van der Waals surface area contributed by atoms with Crippen LogP contribution in [0.5, 0.6) is 11.5 Å². The Morgan fingerprint density at radius 2 is 1.62 bits per heavy atom. The maximum absolute atomic E-state index is 13.9. The summed E-state index contributed by atoms with van der Waals surface area (Å²) in [6, 6.07) is 12.2. The third-order valence-electron chi connectivity index (χ3n) is 4.54. The van der Waals surface area contributed by atoms with Crippen LogP contribution < -0.4 is 10.1 Å². The van der Waals surface area contributed by atoms with E-state index >= 15 is 0 Å². The maximum Gasteiger partial charge on any atom is 0.338 e. The van der Waals surface area contributed by atoms with E-state index in [4.69, 9.17) is 4.74 Å². The van der Waals surface area contributed by atoms with Crippen LogP contribution in [-0.4, -0.2) is 37.0 Å². The number of ether oxygens (including phenoxy) is 3. The van der Waals surface area contributed by atoms with E-state index in [2.05, 4.69) is 14.8 Å². The van der Waals surface area contributed by atoms with E-state index in [1.54, 1.807) is 0 Å². The van der Waals surface area contributed by atoms with Crippen LogP contribution in [0.25, 0.3) is 0 Å². The molecule has 174 valence electrons. The van der Waals surface area contributed by atoms with Crippen molar-refractivity contribution in [3.05, 3.63) is 93.3 Å². The summed E-state index contributed by atoms with van der Waals surface area (Å²) in [4.78, 5) is 47.0. The van der Waals surface area contributed by atoms with Crippen molar-refractivity contribution in [2.24, 2.45) is 0 Å². The van der Waals surface area contributed by atoms with Gasteiger partial charge in [0.1, 0.15) is 11.6 Å². The number of nitrogens with one attached hydrogen (secondary N) is 1. The van der Waals surface area contributed by atoms with Crippen molar-refractivity contribution < 1.29 is 37.9 Å². The van der Waals surface area contributed by atoms with Crippen LogP contribution >= 0.6 is 0 Å². The highest BCUT2D eigenvalue weighted by Crippen LogP contribution is 2.32. The first-order chi connectivity index (χ1) is 16.2. The molecule has 3 rings (SSSR count). The first kappa shape index (κ1) is 23.9. The zero-order chi connectivity index (χ0) is 24.8. The van der Waals surface area contributed by atoms with Gasteiger partial charge >= 0.3 is 11.9 Å². The number of non-ortho nitro benzene ring substituents is 1. The Balaban J connectivity index is 1.93. The summed E-state index contributed by atoms with van der Waals surface area (Å²) in [6.07, 6.45) is 0. The van der Waals surface area contributed by atoms with Crippen molar-refractivity contribution in [2.75, 3.05) is 19.5 Å². The third-order valence-corrected chi connectivity index (χ3v) is 4.54. The normalized spacial score (nSPS) is 10.2. The molecule has 0 unspecified atom stereocenters. The Hall–Kier alpha value is -4.80. The van der Waals surface area contributed by atoms with Crippen molar-refractivity contribution in [1.82, 2.24) is 0 Å². The summed E-state index contributed by atoms with van der Waals surface area (Å²) >= 11 is 0.